The van der Waals surface area contributed by atoms with Crippen LogP contribution in [0.2, 0.25) is 5.02 Å². The van der Waals surface area contributed by atoms with Crippen LogP contribution in [-0.4, -0.2) is 0 Å². The van der Waals surface area contributed by atoms with Gasteiger partial charge in [0.1, 0.15) is 0 Å². The van der Waals surface area contributed by atoms with E-state index in [-0.39, 0.29) is 0 Å². The smallest absolute Gasteiger partial charge is 0.0412 e. The SMILES string of the molecule is C=C(N)c1cccc(Cl)c1. The molecule has 0 atom stereocenters. The lowest BCUT2D eigenvalue weighted by molar-refractivity contribution is 1.53. The highest BCUT2D eigenvalue weighted by atomic mass is 35.5. The first-order chi connectivity index (χ1) is 4.70. The lowest BCUT2D eigenvalue weighted by Crippen LogP contribution is -1.92. The Bertz CT molecular complexity index is 255. The summed E-state index contributed by atoms with van der Waals surface area (Å²) in [5, 5.41) is 0.684. The summed E-state index contributed by atoms with van der Waals surface area (Å²) in [5.74, 6) is 0. The monoisotopic (exact) mass is 153 g/mol. The first kappa shape index (κ1) is 7.16. The molecule has 2 N–H and O–H groups in total. The highest BCUT2D eigenvalue weighted by Crippen LogP contribution is 2.13. The van der Waals surface area contributed by atoms with Crippen molar-refractivity contribution in [2.24, 2.45) is 5.73 Å². The van der Waals surface area contributed by atoms with Crippen LogP contribution >= 0.6 is 11.6 Å². The first-order valence-corrected chi connectivity index (χ1v) is 3.28. The Kier molecular flexibility index (Phi) is 1.97. The molecule has 0 spiro atoms. The van der Waals surface area contributed by atoms with E-state index >= 15 is 0 Å². The third-order valence-corrected chi connectivity index (χ3v) is 1.43. The molecule has 1 aromatic carbocycles. The Balaban J connectivity index is 3.07. The van der Waals surface area contributed by atoms with Gasteiger partial charge in [0.05, 0.1) is 0 Å². The summed E-state index contributed by atoms with van der Waals surface area (Å²) >= 11 is 5.69. The average Bonchev–Trinajstić information content (AvgIpc) is 1.88. The van der Waals surface area contributed by atoms with Crippen LogP contribution in [0.3, 0.4) is 0 Å². The van der Waals surface area contributed by atoms with Crippen molar-refractivity contribution in [2.75, 3.05) is 0 Å². The van der Waals surface area contributed by atoms with Gasteiger partial charge in [0.25, 0.3) is 0 Å². The van der Waals surface area contributed by atoms with Crippen molar-refractivity contribution in [1.82, 2.24) is 0 Å². The van der Waals surface area contributed by atoms with E-state index in [2.05, 4.69) is 6.58 Å². The van der Waals surface area contributed by atoms with E-state index in [1.54, 1.807) is 12.1 Å². The summed E-state index contributed by atoms with van der Waals surface area (Å²) in [4.78, 5) is 0. The number of hydrogen-bond donors (Lipinski definition) is 1. The molecule has 0 heterocycles. The van der Waals surface area contributed by atoms with Gasteiger partial charge in [-0.2, -0.15) is 0 Å². The van der Waals surface area contributed by atoms with Gasteiger partial charge >= 0.3 is 0 Å². The minimum absolute atomic E-state index is 0.544. The molecule has 0 saturated heterocycles. The van der Waals surface area contributed by atoms with Crippen molar-refractivity contribution in [3.63, 3.8) is 0 Å². The van der Waals surface area contributed by atoms with Crippen LogP contribution in [0.25, 0.3) is 5.70 Å². The summed E-state index contributed by atoms with van der Waals surface area (Å²) in [7, 11) is 0. The molecule has 0 radical (unpaired) electrons. The molecule has 1 nitrogen and oxygen atoms in total. The quantitative estimate of drug-likeness (QED) is 0.658. The van der Waals surface area contributed by atoms with E-state index in [0.29, 0.717) is 10.7 Å². The van der Waals surface area contributed by atoms with E-state index in [4.69, 9.17) is 17.3 Å². The van der Waals surface area contributed by atoms with Gasteiger partial charge in [-0.25, -0.2) is 0 Å². The topological polar surface area (TPSA) is 26.0 Å². The van der Waals surface area contributed by atoms with Gasteiger partial charge in [0, 0.05) is 10.7 Å². The molecular weight excluding hydrogens is 146 g/mol. The Morgan fingerprint density at radius 2 is 2.20 bits per heavy atom. The number of nitrogens with two attached hydrogens (primary N) is 1. The Hall–Kier alpha value is -0.950. The fourth-order valence-electron chi connectivity index (χ4n) is 0.688. The third-order valence-electron chi connectivity index (χ3n) is 1.20. The normalized spacial score (nSPS) is 9.30. The van der Waals surface area contributed by atoms with E-state index in [1.165, 1.54) is 0 Å². The van der Waals surface area contributed by atoms with Crippen LogP contribution in [-0.2, 0) is 0 Å². The number of benzene rings is 1. The zero-order chi connectivity index (χ0) is 7.56. The molecule has 0 bridgehead atoms. The summed E-state index contributed by atoms with van der Waals surface area (Å²) in [5.41, 5.74) is 6.86. The maximum Gasteiger partial charge on any atom is 0.0412 e. The zero-order valence-corrected chi connectivity index (χ0v) is 6.23. The van der Waals surface area contributed by atoms with Crippen molar-refractivity contribution in [3.05, 3.63) is 41.4 Å². The van der Waals surface area contributed by atoms with E-state index < -0.39 is 0 Å². The molecule has 0 aliphatic carbocycles. The van der Waals surface area contributed by atoms with Crippen molar-refractivity contribution >= 4 is 17.3 Å². The molecule has 0 unspecified atom stereocenters. The summed E-state index contributed by atoms with van der Waals surface area (Å²) in [6, 6.07) is 7.29. The minimum Gasteiger partial charge on any atom is -0.399 e. The van der Waals surface area contributed by atoms with Crippen molar-refractivity contribution in [2.45, 2.75) is 0 Å². The standard InChI is InChI=1S/C8H8ClN/c1-6(10)7-3-2-4-8(9)5-7/h2-5H,1,10H2. The van der Waals surface area contributed by atoms with E-state index in [1.807, 2.05) is 12.1 Å². The van der Waals surface area contributed by atoms with Crippen LogP contribution in [0.4, 0.5) is 0 Å². The first-order valence-electron chi connectivity index (χ1n) is 2.90. The maximum absolute atomic E-state index is 5.69. The Morgan fingerprint density at radius 1 is 1.50 bits per heavy atom. The number of hydrogen-bond acceptors (Lipinski definition) is 1. The molecule has 1 rings (SSSR count). The maximum atomic E-state index is 5.69. The van der Waals surface area contributed by atoms with Gasteiger partial charge in [-0.15, -0.1) is 0 Å². The second-order valence-electron chi connectivity index (χ2n) is 2.04. The van der Waals surface area contributed by atoms with Gasteiger partial charge in [-0.1, -0.05) is 30.3 Å². The average molecular weight is 154 g/mol. The predicted molar refractivity (Wildman–Crippen MR) is 44.7 cm³/mol. The molecule has 0 saturated carbocycles. The lowest BCUT2D eigenvalue weighted by Gasteiger charge is -1.97. The van der Waals surface area contributed by atoms with E-state index in [9.17, 15) is 0 Å². The largest absolute Gasteiger partial charge is 0.399 e. The van der Waals surface area contributed by atoms with Crippen molar-refractivity contribution < 1.29 is 0 Å². The second kappa shape index (κ2) is 2.76. The number of halogens is 1. The molecule has 0 fully saturated rings. The van der Waals surface area contributed by atoms with Crippen LogP contribution in [0, 0.1) is 0 Å². The number of rotatable bonds is 1. The van der Waals surface area contributed by atoms with E-state index in [0.717, 1.165) is 5.56 Å². The molecule has 0 amide bonds. The Labute approximate surface area is 65.1 Å². The molecule has 10 heavy (non-hydrogen) atoms. The third kappa shape index (κ3) is 1.52. The van der Waals surface area contributed by atoms with Gasteiger partial charge in [0.2, 0.25) is 0 Å². The zero-order valence-electron chi connectivity index (χ0n) is 5.47. The summed E-state index contributed by atoms with van der Waals surface area (Å²) in [6.07, 6.45) is 0. The second-order valence-corrected chi connectivity index (χ2v) is 2.47. The summed E-state index contributed by atoms with van der Waals surface area (Å²) in [6.45, 7) is 3.59. The van der Waals surface area contributed by atoms with Crippen LogP contribution in [0.5, 0.6) is 0 Å². The Morgan fingerprint density at radius 3 is 2.60 bits per heavy atom. The molecule has 0 aliphatic heterocycles. The highest BCUT2D eigenvalue weighted by Gasteiger charge is 1.92. The van der Waals surface area contributed by atoms with Crippen molar-refractivity contribution in [1.29, 1.82) is 0 Å². The molecule has 0 aliphatic rings. The summed E-state index contributed by atoms with van der Waals surface area (Å²) < 4.78 is 0. The molecule has 1 aromatic rings. The fraction of sp³-hybridized carbons (Fsp3) is 0. The van der Waals surface area contributed by atoms with Gasteiger partial charge < -0.3 is 5.73 Å². The van der Waals surface area contributed by atoms with Crippen LogP contribution in [0.1, 0.15) is 5.56 Å². The molecule has 52 valence electrons. The van der Waals surface area contributed by atoms with Crippen LogP contribution < -0.4 is 5.73 Å². The molecule has 0 aromatic heterocycles. The van der Waals surface area contributed by atoms with Gasteiger partial charge in [-0.05, 0) is 17.7 Å². The fourth-order valence-corrected chi connectivity index (χ4v) is 0.879. The van der Waals surface area contributed by atoms with Crippen molar-refractivity contribution in [3.8, 4) is 0 Å². The molecular formula is C8H8ClN. The van der Waals surface area contributed by atoms with Gasteiger partial charge in [-0.3, -0.25) is 0 Å². The highest BCUT2D eigenvalue weighted by molar-refractivity contribution is 6.30. The predicted octanol–water partition coefficient (Wildman–Crippen LogP) is 2.27. The van der Waals surface area contributed by atoms with Gasteiger partial charge in [0.15, 0.2) is 0 Å². The minimum atomic E-state index is 0.544. The van der Waals surface area contributed by atoms with Crippen LogP contribution in [0.15, 0.2) is 30.8 Å². The lowest BCUT2D eigenvalue weighted by atomic mass is 10.2. The molecule has 2 heteroatoms.